The third kappa shape index (κ3) is 1.46. The third-order valence-corrected chi connectivity index (χ3v) is 10.2. The van der Waals surface area contributed by atoms with Crippen LogP contribution in [0.15, 0.2) is 60.7 Å². The zero-order chi connectivity index (χ0) is 16.6. The molecule has 2 aromatic rings. The molecule has 3 atom stereocenters. The van der Waals surface area contributed by atoms with Crippen LogP contribution < -0.4 is 0 Å². The van der Waals surface area contributed by atoms with Crippen LogP contribution >= 0.6 is 11.8 Å². The van der Waals surface area contributed by atoms with Gasteiger partial charge in [0, 0.05) is 0 Å². The lowest BCUT2D eigenvalue weighted by Crippen LogP contribution is -2.48. The highest BCUT2D eigenvalue weighted by atomic mass is 32.2. The number of hydrogen-bond acceptors (Lipinski definition) is 1. The zero-order valence-corrected chi connectivity index (χ0v) is 15.7. The summed E-state index contributed by atoms with van der Waals surface area (Å²) >= 11 is 2.27. The van der Waals surface area contributed by atoms with Crippen molar-refractivity contribution in [2.24, 2.45) is 16.7 Å². The maximum absolute atomic E-state index is 2.59. The van der Waals surface area contributed by atoms with Crippen LogP contribution in [-0.4, -0.2) is 4.75 Å². The van der Waals surface area contributed by atoms with Crippen molar-refractivity contribution < 1.29 is 0 Å². The zero-order valence-electron chi connectivity index (χ0n) is 14.9. The van der Waals surface area contributed by atoms with Crippen LogP contribution in [0, 0.1) is 16.7 Å². The first kappa shape index (κ1) is 15.1. The summed E-state index contributed by atoms with van der Waals surface area (Å²) in [7, 11) is 0. The van der Waals surface area contributed by atoms with Crippen LogP contribution in [0.1, 0.15) is 51.2 Å². The highest BCUT2D eigenvalue weighted by Crippen LogP contribution is 2.91. The summed E-state index contributed by atoms with van der Waals surface area (Å²) in [4.78, 5) is 0. The lowest BCUT2D eigenvalue weighted by atomic mass is 9.57. The molecule has 2 bridgehead atoms. The monoisotopic (exact) mass is 334 g/mol. The van der Waals surface area contributed by atoms with E-state index in [1.165, 1.54) is 30.4 Å². The molecule has 3 unspecified atom stereocenters. The van der Waals surface area contributed by atoms with Crippen LogP contribution in [0.4, 0.5) is 0 Å². The maximum atomic E-state index is 2.59. The number of benzene rings is 2. The fourth-order valence-corrected chi connectivity index (χ4v) is 9.14. The Bertz CT molecular complexity index is 732. The minimum atomic E-state index is 0.128. The van der Waals surface area contributed by atoms with Gasteiger partial charge < -0.3 is 0 Å². The van der Waals surface area contributed by atoms with Crippen LogP contribution in [0.3, 0.4) is 0 Å². The van der Waals surface area contributed by atoms with Crippen LogP contribution in [0.25, 0.3) is 0 Å². The molecule has 3 aliphatic rings. The summed E-state index contributed by atoms with van der Waals surface area (Å²) in [5.74, 6) is 0.879. The molecule has 2 aromatic carbocycles. The topological polar surface area (TPSA) is 0 Å². The number of rotatable bonds is 2. The number of thioether (sulfide) groups is 1. The van der Waals surface area contributed by atoms with Gasteiger partial charge in [0.2, 0.25) is 0 Å². The SMILES string of the molecule is CC12CCC(C1)C(C)(C)C21SC1(c1ccccc1)c1ccccc1. The van der Waals surface area contributed by atoms with Gasteiger partial charge in [-0.05, 0) is 47.1 Å². The molecule has 1 aliphatic heterocycles. The van der Waals surface area contributed by atoms with Crippen molar-refractivity contribution in [3.8, 4) is 0 Å². The van der Waals surface area contributed by atoms with Crippen LogP contribution in [0.2, 0.25) is 0 Å². The van der Waals surface area contributed by atoms with Crippen LogP contribution in [-0.2, 0) is 4.75 Å². The summed E-state index contributed by atoms with van der Waals surface area (Å²) in [6.07, 6.45) is 4.23. The minimum Gasteiger partial charge on any atom is -0.134 e. The highest BCUT2D eigenvalue weighted by Gasteiger charge is 2.86. The van der Waals surface area contributed by atoms with Crippen LogP contribution in [0.5, 0.6) is 0 Å². The summed E-state index contributed by atoms with van der Waals surface area (Å²) in [6.45, 7) is 7.70. The van der Waals surface area contributed by atoms with Gasteiger partial charge >= 0.3 is 0 Å². The quantitative estimate of drug-likeness (QED) is 0.584. The molecule has 0 N–H and O–H groups in total. The normalized spacial score (nSPS) is 37.7. The van der Waals surface area contributed by atoms with E-state index in [-0.39, 0.29) is 4.75 Å². The van der Waals surface area contributed by atoms with Gasteiger partial charge in [0.05, 0.1) is 9.49 Å². The van der Waals surface area contributed by atoms with E-state index >= 15 is 0 Å². The Kier molecular flexibility index (Phi) is 2.82. The Labute approximate surface area is 150 Å². The molecular weight excluding hydrogens is 308 g/mol. The molecule has 0 amide bonds. The predicted molar refractivity (Wildman–Crippen MR) is 103 cm³/mol. The minimum absolute atomic E-state index is 0.128. The third-order valence-electron chi connectivity index (χ3n) is 7.64. The molecule has 24 heavy (non-hydrogen) atoms. The van der Waals surface area contributed by atoms with E-state index in [0.717, 1.165) is 5.92 Å². The van der Waals surface area contributed by atoms with Gasteiger partial charge in [0.1, 0.15) is 0 Å². The van der Waals surface area contributed by atoms with Gasteiger partial charge in [0.15, 0.2) is 0 Å². The first-order chi connectivity index (χ1) is 11.5. The van der Waals surface area contributed by atoms with E-state index in [4.69, 9.17) is 0 Å². The first-order valence-electron chi connectivity index (χ1n) is 9.29. The molecule has 0 nitrogen and oxygen atoms in total. The average molecular weight is 335 g/mol. The fraction of sp³-hybridized carbons (Fsp3) is 0.478. The molecule has 124 valence electrons. The van der Waals surface area contributed by atoms with E-state index in [2.05, 4.69) is 93.2 Å². The highest BCUT2D eigenvalue weighted by molar-refractivity contribution is 8.09. The van der Waals surface area contributed by atoms with E-state index in [1.807, 2.05) is 0 Å². The largest absolute Gasteiger partial charge is 0.134 e. The van der Waals surface area contributed by atoms with Gasteiger partial charge in [-0.3, -0.25) is 0 Å². The second-order valence-electron chi connectivity index (χ2n) is 8.92. The fourth-order valence-electron chi connectivity index (χ4n) is 6.62. The van der Waals surface area contributed by atoms with Gasteiger partial charge in [-0.25, -0.2) is 0 Å². The Hall–Kier alpha value is -1.21. The summed E-state index contributed by atoms with van der Waals surface area (Å²) in [5, 5.41) is 0. The Morgan fingerprint density at radius 2 is 1.38 bits per heavy atom. The molecule has 0 radical (unpaired) electrons. The molecule has 2 saturated carbocycles. The molecule has 2 aliphatic carbocycles. The van der Waals surface area contributed by atoms with Crippen molar-refractivity contribution in [3.63, 3.8) is 0 Å². The second-order valence-corrected chi connectivity index (χ2v) is 10.3. The van der Waals surface area contributed by atoms with Crippen molar-refractivity contribution in [3.05, 3.63) is 71.8 Å². The molecule has 1 heterocycles. The molecule has 3 fully saturated rings. The molecule has 1 spiro atoms. The molecular formula is C23H26S. The van der Waals surface area contributed by atoms with E-state index in [0.29, 0.717) is 15.6 Å². The number of hydrogen-bond donors (Lipinski definition) is 0. The smallest absolute Gasteiger partial charge is 0.0821 e. The second kappa shape index (κ2) is 4.49. The van der Waals surface area contributed by atoms with E-state index in [9.17, 15) is 0 Å². The molecule has 1 saturated heterocycles. The average Bonchev–Trinajstić information content (AvgIpc) is 3.15. The van der Waals surface area contributed by atoms with Gasteiger partial charge in [-0.15, -0.1) is 11.8 Å². The van der Waals surface area contributed by atoms with Crippen molar-refractivity contribution in [1.82, 2.24) is 0 Å². The van der Waals surface area contributed by atoms with E-state index in [1.54, 1.807) is 0 Å². The van der Waals surface area contributed by atoms with Gasteiger partial charge in [-0.2, -0.15) is 0 Å². The Morgan fingerprint density at radius 3 is 1.83 bits per heavy atom. The summed E-state index contributed by atoms with van der Waals surface area (Å²) in [6, 6.07) is 22.6. The predicted octanol–water partition coefficient (Wildman–Crippen LogP) is 6.26. The van der Waals surface area contributed by atoms with Gasteiger partial charge in [0.25, 0.3) is 0 Å². The number of fused-ring (bicyclic) bond motifs is 3. The molecule has 1 heteroatoms. The van der Waals surface area contributed by atoms with Crippen molar-refractivity contribution >= 4 is 11.8 Å². The lowest BCUT2D eigenvalue weighted by molar-refractivity contribution is 0.117. The summed E-state index contributed by atoms with van der Waals surface area (Å²) in [5.41, 5.74) is 3.85. The standard InChI is InChI=1S/C23H26S/c1-20(2)19-14-15-21(3,16-19)23(20)22(24-23,17-10-6-4-7-11-17)18-12-8-5-9-13-18/h4-13,19H,14-16H2,1-3H3. The summed E-state index contributed by atoms with van der Waals surface area (Å²) < 4.78 is 0.460. The van der Waals surface area contributed by atoms with Crippen molar-refractivity contribution in [2.45, 2.75) is 49.5 Å². The van der Waals surface area contributed by atoms with E-state index < -0.39 is 0 Å². The lowest BCUT2D eigenvalue weighted by Gasteiger charge is -2.46. The van der Waals surface area contributed by atoms with Crippen molar-refractivity contribution in [1.29, 1.82) is 0 Å². The molecule has 5 rings (SSSR count). The Morgan fingerprint density at radius 1 is 0.833 bits per heavy atom. The maximum Gasteiger partial charge on any atom is 0.0821 e. The Balaban J connectivity index is 1.78. The first-order valence-corrected chi connectivity index (χ1v) is 10.1. The molecule has 0 aromatic heterocycles. The van der Waals surface area contributed by atoms with Gasteiger partial charge in [-0.1, -0.05) is 81.4 Å². The van der Waals surface area contributed by atoms with Crippen molar-refractivity contribution in [2.75, 3.05) is 0 Å².